The van der Waals surface area contributed by atoms with Gasteiger partial charge in [-0.05, 0) is 45.0 Å². The number of ether oxygens (including phenoxy) is 1. The number of hydrogen-bond donors (Lipinski definition) is 1. The minimum atomic E-state index is -0.131. The fourth-order valence-electron chi connectivity index (χ4n) is 1.71. The maximum Gasteiger partial charge on any atom is 0.270 e. The Hall–Kier alpha value is -1.88. The third kappa shape index (κ3) is 3.57. The SMILES string of the molecule is CCOc1ccc(-c2nc(C(=O)NC(C)C)cs2)cc1. The molecule has 0 radical (unpaired) electrons. The standard InChI is InChI=1S/C15H18N2O2S/c1-4-19-12-7-5-11(6-8-12)15-17-13(9-20-15)14(18)16-10(2)3/h5-10H,4H2,1-3H3,(H,16,18). The van der Waals surface area contributed by atoms with E-state index in [1.54, 1.807) is 5.38 Å². The number of nitrogens with one attached hydrogen (secondary N) is 1. The minimum absolute atomic E-state index is 0.109. The van der Waals surface area contributed by atoms with Gasteiger partial charge in [0.15, 0.2) is 0 Å². The van der Waals surface area contributed by atoms with Crippen molar-refractivity contribution < 1.29 is 9.53 Å². The molecule has 0 aliphatic heterocycles. The van der Waals surface area contributed by atoms with Gasteiger partial charge in [0.25, 0.3) is 5.91 Å². The Morgan fingerprint density at radius 3 is 2.65 bits per heavy atom. The Labute approximate surface area is 122 Å². The van der Waals surface area contributed by atoms with Gasteiger partial charge in [0.05, 0.1) is 6.61 Å². The van der Waals surface area contributed by atoms with Crippen molar-refractivity contribution in [3.05, 3.63) is 35.3 Å². The predicted molar refractivity (Wildman–Crippen MR) is 81.3 cm³/mol. The molecular weight excluding hydrogens is 272 g/mol. The van der Waals surface area contributed by atoms with Crippen LogP contribution in [0.15, 0.2) is 29.6 Å². The zero-order valence-electron chi connectivity index (χ0n) is 11.8. The van der Waals surface area contributed by atoms with Crippen LogP contribution in [0.4, 0.5) is 0 Å². The molecule has 0 aliphatic carbocycles. The Morgan fingerprint density at radius 1 is 1.35 bits per heavy atom. The lowest BCUT2D eigenvalue weighted by atomic mass is 10.2. The molecule has 0 atom stereocenters. The third-order valence-corrected chi connectivity index (χ3v) is 3.46. The van der Waals surface area contributed by atoms with Crippen molar-refractivity contribution >= 4 is 17.2 Å². The molecule has 0 saturated carbocycles. The molecule has 5 heteroatoms. The molecule has 1 heterocycles. The van der Waals surface area contributed by atoms with Crippen LogP contribution < -0.4 is 10.1 Å². The van der Waals surface area contributed by atoms with Gasteiger partial charge in [-0.2, -0.15) is 0 Å². The second-order valence-electron chi connectivity index (χ2n) is 4.62. The Morgan fingerprint density at radius 2 is 2.05 bits per heavy atom. The predicted octanol–water partition coefficient (Wildman–Crippen LogP) is 3.35. The van der Waals surface area contributed by atoms with Crippen molar-refractivity contribution in [1.82, 2.24) is 10.3 Å². The molecule has 0 fully saturated rings. The monoisotopic (exact) mass is 290 g/mol. The molecule has 1 N–H and O–H groups in total. The number of carbonyl (C=O) groups is 1. The van der Waals surface area contributed by atoms with Crippen LogP contribution in [0.25, 0.3) is 10.6 Å². The van der Waals surface area contributed by atoms with E-state index >= 15 is 0 Å². The van der Waals surface area contributed by atoms with Crippen molar-refractivity contribution in [2.24, 2.45) is 0 Å². The summed E-state index contributed by atoms with van der Waals surface area (Å²) in [6.07, 6.45) is 0. The highest BCUT2D eigenvalue weighted by Crippen LogP contribution is 2.25. The molecule has 2 aromatic rings. The highest BCUT2D eigenvalue weighted by Gasteiger charge is 2.12. The number of hydrogen-bond acceptors (Lipinski definition) is 4. The first kappa shape index (κ1) is 14.5. The summed E-state index contributed by atoms with van der Waals surface area (Å²) in [5, 5.41) is 5.45. The van der Waals surface area contributed by atoms with Gasteiger partial charge in [-0.3, -0.25) is 4.79 Å². The van der Waals surface area contributed by atoms with E-state index in [0.29, 0.717) is 12.3 Å². The maximum atomic E-state index is 11.9. The molecule has 2 rings (SSSR count). The van der Waals surface area contributed by atoms with Crippen LogP contribution in [-0.4, -0.2) is 23.5 Å². The van der Waals surface area contributed by atoms with Gasteiger partial charge in [-0.15, -0.1) is 11.3 Å². The highest BCUT2D eigenvalue weighted by molar-refractivity contribution is 7.13. The van der Waals surface area contributed by atoms with Gasteiger partial charge in [0.1, 0.15) is 16.5 Å². The molecule has 1 aromatic carbocycles. The van der Waals surface area contributed by atoms with Crippen LogP contribution in [0.2, 0.25) is 0 Å². The second-order valence-corrected chi connectivity index (χ2v) is 5.48. The van der Waals surface area contributed by atoms with E-state index < -0.39 is 0 Å². The van der Waals surface area contributed by atoms with Gasteiger partial charge >= 0.3 is 0 Å². The smallest absolute Gasteiger partial charge is 0.270 e. The van der Waals surface area contributed by atoms with Crippen LogP contribution in [0.5, 0.6) is 5.75 Å². The van der Waals surface area contributed by atoms with Crippen LogP contribution in [0.1, 0.15) is 31.3 Å². The number of thiazole rings is 1. The van der Waals surface area contributed by atoms with Gasteiger partial charge in [0.2, 0.25) is 0 Å². The number of rotatable bonds is 5. The summed E-state index contributed by atoms with van der Waals surface area (Å²) in [5.41, 5.74) is 1.45. The first-order valence-electron chi connectivity index (χ1n) is 6.59. The summed E-state index contributed by atoms with van der Waals surface area (Å²) >= 11 is 1.46. The molecule has 4 nitrogen and oxygen atoms in total. The Bertz CT molecular complexity index is 576. The lowest BCUT2D eigenvalue weighted by Gasteiger charge is -2.05. The Kier molecular flexibility index (Phi) is 4.74. The zero-order chi connectivity index (χ0) is 14.5. The normalized spacial score (nSPS) is 10.6. The van der Waals surface area contributed by atoms with Gasteiger partial charge in [-0.1, -0.05) is 0 Å². The average Bonchev–Trinajstić information content (AvgIpc) is 2.89. The summed E-state index contributed by atoms with van der Waals surface area (Å²) in [7, 11) is 0. The zero-order valence-corrected chi connectivity index (χ0v) is 12.7. The molecule has 20 heavy (non-hydrogen) atoms. The Balaban J connectivity index is 2.13. The fraction of sp³-hybridized carbons (Fsp3) is 0.333. The van der Waals surface area contributed by atoms with E-state index in [0.717, 1.165) is 16.3 Å². The second kappa shape index (κ2) is 6.52. The molecule has 106 valence electrons. The minimum Gasteiger partial charge on any atom is -0.494 e. The first-order valence-corrected chi connectivity index (χ1v) is 7.47. The summed E-state index contributed by atoms with van der Waals surface area (Å²) in [6.45, 7) is 6.46. The summed E-state index contributed by atoms with van der Waals surface area (Å²) < 4.78 is 5.40. The van der Waals surface area contributed by atoms with E-state index in [1.807, 2.05) is 45.0 Å². The molecule has 0 unspecified atom stereocenters. The van der Waals surface area contributed by atoms with E-state index in [-0.39, 0.29) is 11.9 Å². The van der Waals surface area contributed by atoms with Crippen LogP contribution in [-0.2, 0) is 0 Å². The summed E-state index contributed by atoms with van der Waals surface area (Å²) in [5.74, 6) is 0.707. The molecule has 1 aromatic heterocycles. The fourth-order valence-corrected chi connectivity index (χ4v) is 2.51. The number of benzene rings is 1. The quantitative estimate of drug-likeness (QED) is 0.918. The molecule has 0 bridgehead atoms. The molecule has 1 amide bonds. The number of nitrogens with zero attached hydrogens (tertiary/aromatic N) is 1. The van der Waals surface area contributed by atoms with Crippen molar-refractivity contribution in [3.63, 3.8) is 0 Å². The van der Waals surface area contributed by atoms with Gasteiger partial charge in [-0.25, -0.2) is 4.98 Å². The van der Waals surface area contributed by atoms with Crippen molar-refractivity contribution in [3.8, 4) is 16.3 Å². The van der Waals surface area contributed by atoms with Crippen LogP contribution in [0, 0.1) is 0 Å². The number of aromatic nitrogens is 1. The van der Waals surface area contributed by atoms with Crippen molar-refractivity contribution in [1.29, 1.82) is 0 Å². The van der Waals surface area contributed by atoms with Gasteiger partial charge in [0, 0.05) is 17.0 Å². The topological polar surface area (TPSA) is 51.2 Å². The molecule has 0 spiro atoms. The lowest BCUT2D eigenvalue weighted by molar-refractivity contribution is 0.0939. The van der Waals surface area contributed by atoms with Crippen molar-refractivity contribution in [2.75, 3.05) is 6.61 Å². The van der Waals surface area contributed by atoms with E-state index in [2.05, 4.69) is 10.3 Å². The summed E-state index contributed by atoms with van der Waals surface area (Å²) in [6, 6.07) is 7.84. The first-order chi connectivity index (χ1) is 9.60. The molecular formula is C15H18N2O2S. The lowest BCUT2D eigenvalue weighted by Crippen LogP contribution is -2.30. The average molecular weight is 290 g/mol. The number of carbonyl (C=O) groups excluding carboxylic acids is 1. The molecule has 0 aliphatic rings. The van der Waals surface area contributed by atoms with Crippen LogP contribution in [0.3, 0.4) is 0 Å². The van der Waals surface area contributed by atoms with E-state index in [1.165, 1.54) is 11.3 Å². The van der Waals surface area contributed by atoms with E-state index in [9.17, 15) is 4.79 Å². The number of amides is 1. The summed E-state index contributed by atoms with van der Waals surface area (Å²) in [4.78, 5) is 16.2. The van der Waals surface area contributed by atoms with Gasteiger partial charge < -0.3 is 10.1 Å². The van der Waals surface area contributed by atoms with Crippen LogP contribution >= 0.6 is 11.3 Å². The van der Waals surface area contributed by atoms with Crippen molar-refractivity contribution in [2.45, 2.75) is 26.8 Å². The van der Waals surface area contributed by atoms with E-state index in [4.69, 9.17) is 4.74 Å². The maximum absolute atomic E-state index is 11.9. The molecule has 0 saturated heterocycles. The largest absolute Gasteiger partial charge is 0.494 e. The third-order valence-electron chi connectivity index (χ3n) is 2.57. The highest BCUT2D eigenvalue weighted by atomic mass is 32.1.